The van der Waals surface area contributed by atoms with Gasteiger partial charge in [-0.25, -0.2) is 9.97 Å². The van der Waals surface area contributed by atoms with E-state index in [1.807, 2.05) is 17.9 Å². The van der Waals surface area contributed by atoms with Crippen molar-refractivity contribution in [1.29, 1.82) is 0 Å². The molecule has 1 amide bonds. The number of carbonyl (C=O) groups is 1. The van der Waals surface area contributed by atoms with Crippen molar-refractivity contribution in [2.45, 2.75) is 27.3 Å². The molecule has 0 unspecified atom stereocenters. The number of piperazine rings is 1. The summed E-state index contributed by atoms with van der Waals surface area (Å²) in [4.78, 5) is 24.6. The van der Waals surface area contributed by atoms with Gasteiger partial charge >= 0.3 is 0 Å². The van der Waals surface area contributed by atoms with Crippen LogP contribution < -0.4 is 10.2 Å². The Morgan fingerprint density at radius 1 is 1.08 bits per heavy atom. The van der Waals surface area contributed by atoms with E-state index < -0.39 is 0 Å². The lowest BCUT2D eigenvalue weighted by Crippen LogP contribution is -2.48. The Kier molecular flexibility index (Phi) is 5.16. The van der Waals surface area contributed by atoms with Crippen LogP contribution in [-0.2, 0) is 11.3 Å². The molecule has 1 aromatic heterocycles. The molecule has 0 atom stereocenters. The molecule has 1 aromatic carbocycles. The first kappa shape index (κ1) is 17.2. The van der Waals surface area contributed by atoms with Gasteiger partial charge in [-0.15, -0.1) is 0 Å². The fraction of sp³-hybridized carbons (Fsp3) is 0.421. The van der Waals surface area contributed by atoms with Crippen LogP contribution >= 0.6 is 0 Å². The summed E-state index contributed by atoms with van der Waals surface area (Å²) in [6.07, 6.45) is 0. The van der Waals surface area contributed by atoms with Gasteiger partial charge in [-0.3, -0.25) is 4.79 Å². The van der Waals surface area contributed by atoms with Crippen LogP contribution in [0.15, 0.2) is 30.3 Å². The lowest BCUT2D eigenvalue weighted by molar-refractivity contribution is -0.129. The van der Waals surface area contributed by atoms with Crippen LogP contribution in [0.5, 0.6) is 0 Å². The predicted molar refractivity (Wildman–Crippen MR) is 99.7 cm³/mol. The van der Waals surface area contributed by atoms with Gasteiger partial charge in [-0.05, 0) is 19.4 Å². The molecular weight excluding hydrogens is 314 g/mol. The molecule has 0 bridgehead atoms. The highest BCUT2D eigenvalue weighted by atomic mass is 16.2. The quantitative estimate of drug-likeness (QED) is 0.927. The molecule has 0 radical (unpaired) electrons. The summed E-state index contributed by atoms with van der Waals surface area (Å²) in [6.45, 7) is 9.43. The molecule has 0 aliphatic carbocycles. The molecule has 1 aliphatic rings. The van der Waals surface area contributed by atoms with Gasteiger partial charge in [0.2, 0.25) is 5.91 Å². The first-order chi connectivity index (χ1) is 12.0. The number of carbonyl (C=O) groups excluding carboxylic acids is 1. The third-order valence-corrected chi connectivity index (χ3v) is 4.47. The Morgan fingerprint density at radius 2 is 1.76 bits per heavy atom. The second kappa shape index (κ2) is 7.51. The van der Waals surface area contributed by atoms with Gasteiger partial charge in [0.15, 0.2) is 0 Å². The summed E-state index contributed by atoms with van der Waals surface area (Å²) in [7, 11) is 0. The molecule has 1 aliphatic heterocycles. The Balaban J connectivity index is 1.66. The van der Waals surface area contributed by atoms with E-state index in [2.05, 4.69) is 51.4 Å². The third kappa shape index (κ3) is 4.47. The smallest absolute Gasteiger partial charge is 0.219 e. The van der Waals surface area contributed by atoms with E-state index in [-0.39, 0.29) is 5.91 Å². The van der Waals surface area contributed by atoms with Gasteiger partial charge < -0.3 is 15.1 Å². The monoisotopic (exact) mass is 339 g/mol. The van der Waals surface area contributed by atoms with Gasteiger partial charge in [0.1, 0.15) is 17.5 Å². The molecule has 3 rings (SSSR count). The molecule has 1 fully saturated rings. The molecule has 2 heterocycles. The molecule has 132 valence electrons. The second-order valence-corrected chi connectivity index (χ2v) is 6.49. The van der Waals surface area contributed by atoms with Crippen LogP contribution in [0.3, 0.4) is 0 Å². The van der Waals surface area contributed by atoms with Crippen molar-refractivity contribution in [2.75, 3.05) is 36.4 Å². The number of nitrogens with one attached hydrogen (secondary N) is 1. The fourth-order valence-electron chi connectivity index (χ4n) is 2.95. The number of anilines is 2. The van der Waals surface area contributed by atoms with Gasteiger partial charge in [0, 0.05) is 45.7 Å². The van der Waals surface area contributed by atoms with E-state index in [9.17, 15) is 4.79 Å². The Bertz CT molecular complexity index is 736. The predicted octanol–water partition coefficient (Wildman–Crippen LogP) is 2.37. The maximum atomic E-state index is 11.5. The zero-order valence-electron chi connectivity index (χ0n) is 15.1. The van der Waals surface area contributed by atoms with Crippen LogP contribution in [0.25, 0.3) is 0 Å². The van der Waals surface area contributed by atoms with Crippen LogP contribution in [0.1, 0.15) is 23.9 Å². The van der Waals surface area contributed by atoms with Gasteiger partial charge in [-0.1, -0.05) is 29.8 Å². The van der Waals surface area contributed by atoms with Crippen molar-refractivity contribution < 1.29 is 4.79 Å². The molecule has 6 nitrogen and oxygen atoms in total. The lowest BCUT2D eigenvalue weighted by atomic mass is 10.1. The van der Waals surface area contributed by atoms with Gasteiger partial charge in [-0.2, -0.15) is 0 Å². The minimum absolute atomic E-state index is 0.138. The summed E-state index contributed by atoms with van der Waals surface area (Å²) in [5, 5.41) is 3.39. The average molecular weight is 339 g/mol. The Hall–Kier alpha value is -2.63. The molecule has 1 N–H and O–H groups in total. The summed E-state index contributed by atoms with van der Waals surface area (Å²) in [6, 6.07) is 10.5. The van der Waals surface area contributed by atoms with Gasteiger partial charge in [0.25, 0.3) is 0 Å². The van der Waals surface area contributed by atoms with E-state index in [1.165, 1.54) is 11.1 Å². The van der Waals surface area contributed by atoms with Crippen molar-refractivity contribution >= 4 is 17.5 Å². The van der Waals surface area contributed by atoms with Crippen molar-refractivity contribution in [1.82, 2.24) is 14.9 Å². The Labute approximate surface area is 148 Å². The van der Waals surface area contributed by atoms with Crippen molar-refractivity contribution in [3.8, 4) is 0 Å². The molecule has 2 aromatic rings. The first-order valence-corrected chi connectivity index (χ1v) is 8.67. The SMILES string of the molecule is CC(=O)N1CCN(c2cc(NCc3ccc(C)cc3)nc(C)n2)CC1. The molecule has 0 spiro atoms. The lowest BCUT2D eigenvalue weighted by Gasteiger charge is -2.35. The highest BCUT2D eigenvalue weighted by molar-refractivity contribution is 5.73. The van der Waals surface area contributed by atoms with Crippen molar-refractivity contribution in [3.63, 3.8) is 0 Å². The molecule has 1 saturated heterocycles. The highest BCUT2D eigenvalue weighted by Crippen LogP contribution is 2.18. The van der Waals surface area contributed by atoms with Crippen molar-refractivity contribution in [2.24, 2.45) is 0 Å². The zero-order chi connectivity index (χ0) is 17.8. The minimum Gasteiger partial charge on any atom is -0.366 e. The maximum absolute atomic E-state index is 11.5. The average Bonchev–Trinajstić information content (AvgIpc) is 2.61. The maximum Gasteiger partial charge on any atom is 0.219 e. The van der Waals surface area contributed by atoms with Crippen molar-refractivity contribution in [3.05, 3.63) is 47.3 Å². The van der Waals surface area contributed by atoms with E-state index in [4.69, 9.17) is 0 Å². The molecule has 0 saturated carbocycles. The van der Waals surface area contributed by atoms with Gasteiger partial charge in [0.05, 0.1) is 0 Å². The fourth-order valence-corrected chi connectivity index (χ4v) is 2.95. The number of amides is 1. The van der Waals surface area contributed by atoms with E-state index in [1.54, 1.807) is 6.92 Å². The van der Waals surface area contributed by atoms with E-state index in [0.717, 1.165) is 50.2 Å². The van der Waals surface area contributed by atoms with Crippen LogP contribution in [0.4, 0.5) is 11.6 Å². The van der Waals surface area contributed by atoms with Crippen LogP contribution in [-0.4, -0.2) is 47.0 Å². The zero-order valence-corrected chi connectivity index (χ0v) is 15.1. The number of rotatable bonds is 4. The van der Waals surface area contributed by atoms with E-state index >= 15 is 0 Å². The van der Waals surface area contributed by atoms with E-state index in [0.29, 0.717) is 0 Å². The highest BCUT2D eigenvalue weighted by Gasteiger charge is 2.20. The first-order valence-electron chi connectivity index (χ1n) is 8.67. The summed E-state index contributed by atoms with van der Waals surface area (Å²) in [5.74, 6) is 2.64. The number of benzene rings is 1. The summed E-state index contributed by atoms with van der Waals surface area (Å²) >= 11 is 0. The topological polar surface area (TPSA) is 61.4 Å². The standard InChI is InChI=1S/C19H25N5O/c1-14-4-6-17(7-5-14)13-20-18-12-19(22-15(2)21-18)24-10-8-23(9-11-24)16(3)25/h4-7,12H,8-11,13H2,1-3H3,(H,20,21,22). The van der Waals surface area contributed by atoms with Crippen LogP contribution in [0, 0.1) is 13.8 Å². The molecule has 25 heavy (non-hydrogen) atoms. The number of hydrogen-bond donors (Lipinski definition) is 1. The summed E-state index contributed by atoms with van der Waals surface area (Å²) < 4.78 is 0. The van der Waals surface area contributed by atoms with Crippen LogP contribution in [0.2, 0.25) is 0 Å². The summed E-state index contributed by atoms with van der Waals surface area (Å²) in [5.41, 5.74) is 2.48. The normalized spacial score (nSPS) is 14.5. The number of aryl methyl sites for hydroxylation is 2. The molecule has 6 heteroatoms. The second-order valence-electron chi connectivity index (χ2n) is 6.49. The number of aromatic nitrogens is 2. The number of nitrogens with zero attached hydrogens (tertiary/aromatic N) is 4. The largest absolute Gasteiger partial charge is 0.366 e. The Morgan fingerprint density at radius 3 is 2.40 bits per heavy atom. The minimum atomic E-state index is 0.138. The molecular formula is C19H25N5O. The number of hydrogen-bond acceptors (Lipinski definition) is 5. The third-order valence-electron chi connectivity index (χ3n) is 4.47.